The Hall–Kier alpha value is -1.47. The lowest BCUT2D eigenvalue weighted by molar-refractivity contribution is 0.594. The molecule has 0 spiro atoms. The summed E-state index contributed by atoms with van der Waals surface area (Å²) in [6, 6.07) is 9.52. The predicted octanol–water partition coefficient (Wildman–Crippen LogP) is 3.71. The molecule has 18 heavy (non-hydrogen) atoms. The number of amidine groups is 1. The van der Waals surface area contributed by atoms with Crippen LogP contribution in [-0.2, 0) is 0 Å². The number of thioether (sulfide) groups is 1. The molecule has 1 N–H and O–H groups in total. The quantitative estimate of drug-likeness (QED) is 0.664. The molecule has 3 nitrogen and oxygen atoms in total. The maximum absolute atomic E-state index is 8.79. The smallest absolute Gasteiger partial charge is 0.160 e. The fourth-order valence-electron chi connectivity index (χ4n) is 1.56. The highest BCUT2D eigenvalue weighted by atomic mass is 32.2. The van der Waals surface area contributed by atoms with E-state index in [9.17, 15) is 0 Å². The molecule has 0 fully saturated rings. The van der Waals surface area contributed by atoms with E-state index >= 15 is 0 Å². The Labute approximate surface area is 113 Å². The first kappa shape index (κ1) is 14.6. The Morgan fingerprint density at radius 1 is 1.39 bits per heavy atom. The number of nitrogens with zero attached hydrogens (tertiary/aromatic N) is 2. The van der Waals surface area contributed by atoms with E-state index in [1.807, 2.05) is 23.3 Å². The molecule has 0 saturated heterocycles. The second-order valence-corrected chi connectivity index (χ2v) is 5.30. The summed E-state index contributed by atoms with van der Waals surface area (Å²) in [6.45, 7) is 5.20. The van der Waals surface area contributed by atoms with Gasteiger partial charge in [-0.1, -0.05) is 25.6 Å². The van der Waals surface area contributed by atoms with Crippen LogP contribution in [0, 0.1) is 22.7 Å². The van der Waals surface area contributed by atoms with Gasteiger partial charge < -0.3 is 4.90 Å². The summed E-state index contributed by atoms with van der Waals surface area (Å²) in [5.74, 6) is 0.612. The molecule has 4 heteroatoms. The number of benzene rings is 1. The zero-order valence-electron chi connectivity index (χ0n) is 11.1. The van der Waals surface area contributed by atoms with Crippen molar-refractivity contribution >= 4 is 22.6 Å². The van der Waals surface area contributed by atoms with Gasteiger partial charge in [-0.15, -0.1) is 0 Å². The van der Waals surface area contributed by atoms with Crippen molar-refractivity contribution in [3.05, 3.63) is 29.8 Å². The molecule has 0 saturated carbocycles. The van der Waals surface area contributed by atoms with Gasteiger partial charge in [-0.3, -0.25) is 5.41 Å². The van der Waals surface area contributed by atoms with Crippen LogP contribution in [0.1, 0.15) is 25.8 Å². The van der Waals surface area contributed by atoms with Crippen molar-refractivity contribution < 1.29 is 0 Å². The predicted molar refractivity (Wildman–Crippen MR) is 79.2 cm³/mol. The van der Waals surface area contributed by atoms with Crippen molar-refractivity contribution in [2.45, 2.75) is 20.3 Å². The standard InChI is InChI=1S/C14H19N3S/c1-11(2)8-9-17(14(16)18-3)13-6-4-12(10-15)5-7-13/h4-7,11,16H,8-9H2,1-3H3. The third-order valence-corrected chi connectivity index (χ3v) is 3.28. The van der Waals surface area contributed by atoms with Gasteiger partial charge >= 0.3 is 0 Å². The Bertz CT molecular complexity index is 431. The zero-order chi connectivity index (χ0) is 13.5. The Kier molecular flexibility index (Phi) is 5.73. The van der Waals surface area contributed by atoms with Gasteiger partial charge in [0.15, 0.2) is 5.17 Å². The highest BCUT2D eigenvalue weighted by molar-refractivity contribution is 8.13. The monoisotopic (exact) mass is 261 g/mol. The summed E-state index contributed by atoms with van der Waals surface area (Å²) < 4.78 is 0. The number of hydrogen-bond acceptors (Lipinski definition) is 3. The number of hydrogen-bond donors (Lipinski definition) is 1. The first-order valence-electron chi connectivity index (χ1n) is 5.98. The van der Waals surface area contributed by atoms with E-state index in [1.54, 1.807) is 12.1 Å². The van der Waals surface area contributed by atoms with E-state index in [-0.39, 0.29) is 0 Å². The van der Waals surface area contributed by atoms with Crippen LogP contribution in [0.3, 0.4) is 0 Å². The number of nitriles is 1. The van der Waals surface area contributed by atoms with Gasteiger partial charge in [0.2, 0.25) is 0 Å². The zero-order valence-corrected chi connectivity index (χ0v) is 11.9. The molecule has 0 amide bonds. The topological polar surface area (TPSA) is 50.9 Å². The van der Waals surface area contributed by atoms with Crippen molar-refractivity contribution in [1.82, 2.24) is 0 Å². The van der Waals surface area contributed by atoms with Crippen LogP contribution in [-0.4, -0.2) is 18.0 Å². The normalized spacial score (nSPS) is 10.2. The number of rotatable bonds is 4. The van der Waals surface area contributed by atoms with Gasteiger partial charge in [-0.2, -0.15) is 5.26 Å². The van der Waals surface area contributed by atoms with E-state index in [4.69, 9.17) is 10.7 Å². The molecule has 0 heterocycles. The minimum Gasteiger partial charge on any atom is -0.321 e. The second-order valence-electron chi connectivity index (χ2n) is 4.50. The summed E-state index contributed by atoms with van der Waals surface area (Å²) in [4.78, 5) is 1.99. The van der Waals surface area contributed by atoms with E-state index in [1.165, 1.54) is 11.8 Å². The van der Waals surface area contributed by atoms with Gasteiger partial charge in [0.05, 0.1) is 11.6 Å². The van der Waals surface area contributed by atoms with Crippen LogP contribution in [0.4, 0.5) is 5.69 Å². The van der Waals surface area contributed by atoms with Gasteiger partial charge in [0, 0.05) is 12.2 Å². The minimum atomic E-state index is 0.542. The van der Waals surface area contributed by atoms with E-state index in [0.29, 0.717) is 16.6 Å². The molecular formula is C14H19N3S. The van der Waals surface area contributed by atoms with Crippen LogP contribution in [0.2, 0.25) is 0 Å². The van der Waals surface area contributed by atoms with Gasteiger partial charge in [0.25, 0.3) is 0 Å². The molecule has 0 aliphatic carbocycles. The lowest BCUT2D eigenvalue weighted by Gasteiger charge is -2.25. The highest BCUT2D eigenvalue weighted by Crippen LogP contribution is 2.20. The molecule has 0 aliphatic heterocycles. The number of anilines is 1. The van der Waals surface area contributed by atoms with Gasteiger partial charge in [-0.05, 0) is 42.9 Å². The molecule has 96 valence electrons. The lowest BCUT2D eigenvalue weighted by atomic mass is 10.1. The second kappa shape index (κ2) is 7.07. The van der Waals surface area contributed by atoms with Crippen LogP contribution in [0.5, 0.6) is 0 Å². The van der Waals surface area contributed by atoms with Crippen molar-refractivity contribution in [3.63, 3.8) is 0 Å². The highest BCUT2D eigenvalue weighted by Gasteiger charge is 2.12. The average molecular weight is 261 g/mol. The van der Waals surface area contributed by atoms with Gasteiger partial charge in [0.1, 0.15) is 0 Å². The fraction of sp³-hybridized carbons (Fsp3) is 0.429. The summed E-state index contributed by atoms with van der Waals surface area (Å²) >= 11 is 1.43. The Morgan fingerprint density at radius 2 is 2.00 bits per heavy atom. The molecule has 0 unspecified atom stereocenters. The van der Waals surface area contributed by atoms with Crippen molar-refractivity contribution in [1.29, 1.82) is 10.7 Å². The third kappa shape index (κ3) is 4.08. The lowest BCUT2D eigenvalue weighted by Crippen LogP contribution is -2.29. The maximum atomic E-state index is 8.79. The SMILES string of the molecule is CSC(=N)N(CCC(C)C)c1ccc(C#N)cc1. The van der Waals surface area contributed by atoms with Crippen LogP contribution in [0.25, 0.3) is 0 Å². The first-order valence-corrected chi connectivity index (χ1v) is 7.21. The first-order chi connectivity index (χ1) is 8.58. The molecule has 1 aromatic carbocycles. The van der Waals surface area contributed by atoms with Crippen LogP contribution >= 0.6 is 11.8 Å². The van der Waals surface area contributed by atoms with Crippen molar-refractivity contribution in [2.24, 2.45) is 5.92 Å². The number of nitrogens with one attached hydrogen (secondary N) is 1. The molecule has 0 atom stereocenters. The van der Waals surface area contributed by atoms with E-state index in [0.717, 1.165) is 18.7 Å². The van der Waals surface area contributed by atoms with Crippen LogP contribution in [0.15, 0.2) is 24.3 Å². The van der Waals surface area contributed by atoms with Crippen molar-refractivity contribution in [3.8, 4) is 6.07 Å². The Morgan fingerprint density at radius 3 is 2.44 bits per heavy atom. The minimum absolute atomic E-state index is 0.542. The van der Waals surface area contributed by atoms with Crippen molar-refractivity contribution in [2.75, 3.05) is 17.7 Å². The molecule has 0 radical (unpaired) electrons. The molecular weight excluding hydrogens is 242 g/mol. The molecule has 0 aromatic heterocycles. The largest absolute Gasteiger partial charge is 0.321 e. The third-order valence-electron chi connectivity index (χ3n) is 2.68. The maximum Gasteiger partial charge on any atom is 0.160 e. The van der Waals surface area contributed by atoms with E-state index in [2.05, 4.69) is 19.9 Å². The molecule has 1 rings (SSSR count). The Balaban J connectivity index is 2.87. The summed E-state index contributed by atoms with van der Waals surface area (Å²) in [6.07, 6.45) is 2.96. The molecule has 0 aliphatic rings. The van der Waals surface area contributed by atoms with Crippen LogP contribution < -0.4 is 4.90 Å². The van der Waals surface area contributed by atoms with E-state index < -0.39 is 0 Å². The average Bonchev–Trinajstić information content (AvgIpc) is 2.39. The molecule has 0 bridgehead atoms. The summed E-state index contributed by atoms with van der Waals surface area (Å²) in [5.41, 5.74) is 1.63. The fourth-order valence-corrected chi connectivity index (χ4v) is 1.98. The molecule has 1 aromatic rings. The summed E-state index contributed by atoms with van der Waals surface area (Å²) in [5, 5.41) is 17.3. The summed E-state index contributed by atoms with van der Waals surface area (Å²) in [7, 11) is 0. The van der Waals surface area contributed by atoms with Gasteiger partial charge in [-0.25, -0.2) is 0 Å².